The fourth-order valence-electron chi connectivity index (χ4n) is 1.11. The molecule has 1 N–H and O–H groups in total. The summed E-state index contributed by atoms with van der Waals surface area (Å²) in [5.41, 5.74) is 1.19. The van der Waals surface area contributed by atoms with Gasteiger partial charge in [0.05, 0.1) is 4.92 Å². The van der Waals surface area contributed by atoms with Gasteiger partial charge in [0.25, 0.3) is 5.69 Å². The standard InChI is InChI=1S/C9H11BrN2O2/c1-11-5-4-7-2-3-8(12(13)14)6-9(7)10/h2-3,6,11H,4-5H2,1H3. The first-order valence-electron chi connectivity index (χ1n) is 4.22. The third kappa shape index (κ3) is 2.78. The van der Waals surface area contributed by atoms with E-state index >= 15 is 0 Å². The van der Waals surface area contributed by atoms with Crippen molar-refractivity contribution in [3.63, 3.8) is 0 Å². The van der Waals surface area contributed by atoms with Gasteiger partial charge in [0.15, 0.2) is 0 Å². The molecule has 0 amide bonds. The number of rotatable bonds is 4. The maximum Gasteiger partial charge on any atom is 0.270 e. The summed E-state index contributed by atoms with van der Waals surface area (Å²) in [6.45, 7) is 0.858. The Balaban J connectivity index is 2.84. The van der Waals surface area contributed by atoms with Crippen molar-refractivity contribution in [2.45, 2.75) is 6.42 Å². The highest BCUT2D eigenvalue weighted by Crippen LogP contribution is 2.22. The lowest BCUT2D eigenvalue weighted by atomic mass is 10.1. The molecule has 0 bridgehead atoms. The summed E-state index contributed by atoms with van der Waals surface area (Å²) >= 11 is 3.31. The van der Waals surface area contributed by atoms with Crippen molar-refractivity contribution in [1.82, 2.24) is 5.32 Å². The van der Waals surface area contributed by atoms with Crippen LogP contribution in [0.4, 0.5) is 5.69 Å². The number of nitrogens with one attached hydrogen (secondary N) is 1. The molecule has 0 spiro atoms. The highest BCUT2D eigenvalue weighted by atomic mass is 79.9. The van der Waals surface area contributed by atoms with Crippen molar-refractivity contribution in [1.29, 1.82) is 0 Å². The molecule has 0 aromatic heterocycles. The number of hydrogen-bond acceptors (Lipinski definition) is 3. The number of non-ortho nitro benzene ring substituents is 1. The summed E-state index contributed by atoms with van der Waals surface area (Å²) in [7, 11) is 1.87. The minimum Gasteiger partial charge on any atom is -0.319 e. The molecule has 1 aromatic rings. The summed E-state index contributed by atoms with van der Waals surface area (Å²) < 4.78 is 0.793. The molecule has 0 heterocycles. The van der Waals surface area contributed by atoms with Gasteiger partial charge in [-0.1, -0.05) is 22.0 Å². The molecule has 0 aliphatic carbocycles. The molecule has 0 unspecified atom stereocenters. The number of nitro groups is 1. The van der Waals surface area contributed by atoms with E-state index in [1.165, 1.54) is 12.1 Å². The number of nitro benzene ring substituents is 1. The second-order valence-electron chi connectivity index (χ2n) is 2.89. The molecule has 5 heteroatoms. The number of benzene rings is 1. The highest BCUT2D eigenvalue weighted by molar-refractivity contribution is 9.10. The van der Waals surface area contributed by atoms with Crippen LogP contribution < -0.4 is 5.32 Å². The van der Waals surface area contributed by atoms with E-state index in [9.17, 15) is 10.1 Å². The molecule has 4 nitrogen and oxygen atoms in total. The van der Waals surface area contributed by atoms with Crippen molar-refractivity contribution < 1.29 is 4.92 Å². The van der Waals surface area contributed by atoms with Gasteiger partial charge in [0.2, 0.25) is 0 Å². The van der Waals surface area contributed by atoms with Gasteiger partial charge in [0.1, 0.15) is 0 Å². The fourth-order valence-corrected chi connectivity index (χ4v) is 1.68. The van der Waals surface area contributed by atoms with Crippen molar-refractivity contribution in [3.05, 3.63) is 38.3 Å². The summed E-state index contributed by atoms with van der Waals surface area (Å²) in [5.74, 6) is 0. The van der Waals surface area contributed by atoms with Crippen LogP contribution in [0.1, 0.15) is 5.56 Å². The number of halogens is 1. The Morgan fingerprint density at radius 2 is 2.29 bits per heavy atom. The predicted molar refractivity (Wildman–Crippen MR) is 58.4 cm³/mol. The zero-order chi connectivity index (χ0) is 10.6. The molecule has 0 atom stereocenters. The number of nitrogens with zero attached hydrogens (tertiary/aromatic N) is 1. The molecule has 0 radical (unpaired) electrons. The fraction of sp³-hybridized carbons (Fsp3) is 0.333. The van der Waals surface area contributed by atoms with E-state index in [-0.39, 0.29) is 5.69 Å². The zero-order valence-electron chi connectivity index (χ0n) is 7.79. The zero-order valence-corrected chi connectivity index (χ0v) is 9.37. The minimum atomic E-state index is -0.396. The molecule has 0 aliphatic heterocycles. The largest absolute Gasteiger partial charge is 0.319 e. The van der Waals surface area contributed by atoms with E-state index in [1.54, 1.807) is 6.07 Å². The van der Waals surface area contributed by atoms with Crippen molar-refractivity contribution in [2.24, 2.45) is 0 Å². The van der Waals surface area contributed by atoms with E-state index in [2.05, 4.69) is 21.2 Å². The van der Waals surface area contributed by atoms with Gasteiger partial charge >= 0.3 is 0 Å². The smallest absolute Gasteiger partial charge is 0.270 e. The maximum atomic E-state index is 10.5. The van der Waals surface area contributed by atoms with Gasteiger partial charge in [-0.2, -0.15) is 0 Å². The van der Waals surface area contributed by atoms with Gasteiger partial charge in [-0.15, -0.1) is 0 Å². The molecule has 76 valence electrons. The van der Waals surface area contributed by atoms with Gasteiger partial charge in [-0.3, -0.25) is 10.1 Å². The quantitative estimate of drug-likeness (QED) is 0.665. The van der Waals surface area contributed by atoms with Crippen molar-refractivity contribution >= 4 is 21.6 Å². The van der Waals surface area contributed by atoms with Crippen LogP contribution in [-0.4, -0.2) is 18.5 Å². The van der Waals surface area contributed by atoms with Crippen LogP contribution in [0.2, 0.25) is 0 Å². The molecular weight excluding hydrogens is 248 g/mol. The number of likely N-dealkylation sites (N-methyl/N-ethyl adjacent to an activating group) is 1. The molecule has 14 heavy (non-hydrogen) atoms. The van der Waals surface area contributed by atoms with Crippen LogP contribution in [0.5, 0.6) is 0 Å². The molecule has 0 aliphatic rings. The lowest BCUT2D eigenvalue weighted by Gasteiger charge is -2.03. The second kappa shape index (κ2) is 5.07. The van der Waals surface area contributed by atoms with Crippen LogP contribution in [0.3, 0.4) is 0 Å². The maximum absolute atomic E-state index is 10.5. The van der Waals surface area contributed by atoms with Gasteiger partial charge in [-0.05, 0) is 25.6 Å². The molecule has 0 saturated carbocycles. The van der Waals surface area contributed by atoms with Gasteiger partial charge in [-0.25, -0.2) is 0 Å². The monoisotopic (exact) mass is 258 g/mol. The molecule has 1 aromatic carbocycles. The van der Waals surface area contributed by atoms with Crippen LogP contribution >= 0.6 is 15.9 Å². The average Bonchev–Trinajstić information content (AvgIpc) is 2.15. The highest BCUT2D eigenvalue weighted by Gasteiger charge is 2.08. The summed E-state index contributed by atoms with van der Waals surface area (Å²) in [5, 5.41) is 13.5. The Bertz CT molecular complexity index is 342. The van der Waals surface area contributed by atoms with Gasteiger partial charge < -0.3 is 5.32 Å². The number of hydrogen-bond donors (Lipinski definition) is 1. The average molecular weight is 259 g/mol. The van der Waals surface area contributed by atoms with Crippen LogP contribution in [0.25, 0.3) is 0 Å². The summed E-state index contributed by atoms with van der Waals surface area (Å²) in [4.78, 5) is 10.1. The van der Waals surface area contributed by atoms with E-state index in [0.29, 0.717) is 0 Å². The van der Waals surface area contributed by atoms with Crippen molar-refractivity contribution in [3.8, 4) is 0 Å². The second-order valence-corrected chi connectivity index (χ2v) is 3.74. The molecule has 0 saturated heterocycles. The van der Waals surface area contributed by atoms with Crippen molar-refractivity contribution in [2.75, 3.05) is 13.6 Å². The Hall–Kier alpha value is -0.940. The Morgan fingerprint density at radius 1 is 1.57 bits per heavy atom. The lowest BCUT2D eigenvalue weighted by molar-refractivity contribution is -0.384. The van der Waals surface area contributed by atoms with E-state index in [4.69, 9.17) is 0 Å². The van der Waals surface area contributed by atoms with Gasteiger partial charge in [0, 0.05) is 16.6 Å². The first-order valence-corrected chi connectivity index (χ1v) is 5.02. The molecular formula is C9H11BrN2O2. The topological polar surface area (TPSA) is 55.2 Å². The van der Waals surface area contributed by atoms with Crippen LogP contribution in [0, 0.1) is 10.1 Å². The Morgan fingerprint density at radius 3 is 2.79 bits per heavy atom. The molecule has 1 rings (SSSR count). The van der Waals surface area contributed by atoms with E-state index < -0.39 is 4.92 Å². The first-order chi connectivity index (χ1) is 6.65. The predicted octanol–water partition coefficient (Wildman–Crippen LogP) is 2.12. The summed E-state index contributed by atoms with van der Waals surface area (Å²) in [6.07, 6.45) is 0.856. The molecule has 0 fully saturated rings. The van der Waals surface area contributed by atoms with Crippen LogP contribution in [0.15, 0.2) is 22.7 Å². The third-order valence-corrected chi connectivity index (χ3v) is 2.63. The third-order valence-electron chi connectivity index (χ3n) is 1.89. The summed E-state index contributed by atoms with van der Waals surface area (Å²) in [6, 6.07) is 4.83. The SMILES string of the molecule is CNCCc1ccc([N+](=O)[O-])cc1Br. The van der Waals surface area contributed by atoms with E-state index in [1.807, 2.05) is 7.05 Å². The minimum absolute atomic E-state index is 0.116. The normalized spacial score (nSPS) is 10.1. The Labute approximate surface area is 90.6 Å². The first kappa shape index (κ1) is 11.1. The van der Waals surface area contributed by atoms with Crippen LogP contribution in [-0.2, 0) is 6.42 Å². The lowest BCUT2D eigenvalue weighted by Crippen LogP contribution is -2.10. The Kier molecular flexibility index (Phi) is 4.03. The van der Waals surface area contributed by atoms with E-state index in [0.717, 1.165) is 23.0 Å².